The number of hydrogen-bond donors (Lipinski definition) is 9. The standard InChI is InChI=1S/C60H84N6O11.C23H33N3O5.C18H25N3O3.C11H13NO4/c1-41(2)33-48(63-52(69)47(34-43-21-13-10-14-22-43)37-51(68)49(35-44-23-15-11-16-24-44)64-57(74)77-59(7,8)9)50(67)36-46(27-19-20-30-61-55(72)76-58(4,5)6)54(71)66-39-60(40-66)28-31-65(32-29-60)53(70)42(3)62-56(73)75-38-45-25-17-12-18-26-45;1-17(24-20(28)30-14-18-8-6-5-7-9-18)19(27)25-12-10-23(11-13-25)15-26(16-23)21(29)31-22(2,3)4;1-14(20-17(23)24-11-15-5-3-2-4-6-15)16(22)21-9-7-18(8-10-21)12-19-13-18;1-8(10(13)14)12-11(15)16-7-9-5-3-2-4-6-9/h10-18,21-26,41-42,46-49H,19-20,27-40H2,1-9H3,(H,61,72)(H,62,73)(H,63,69)(H,64,74);5-9,17H,10-16H2,1-4H3,(H,24,28);2-6,14,19H,7-13H2,1H3,(H,20,23);2-6,8H,7H2,1H3,(H,12,15)(H,13,14)/t42-,46+,47+,48-,49-;17-;14-;8-/m1111/s1. The maximum absolute atomic E-state index is 14.7. The van der Waals surface area contributed by atoms with Crippen molar-refractivity contribution in [1.29, 1.82) is 0 Å². The average Bonchev–Trinajstić information content (AvgIpc) is 0.766. The SMILES string of the molecule is CC(C)C[C@@H](NC(=O)[C@H](CC(=O)[C@@H](Cc1ccccc1)NC(=O)OC(C)(C)C)Cc1ccccc1)C(=O)C[C@H](CCCCNC(=O)OC(C)(C)C)C(=O)N1CC2(CCN(C(=O)[C@@H](C)NC(=O)OCc3ccccc3)CC2)C1.C[C@@H](NC(=O)OCc1ccccc1)C(=O)N1CCC2(CC1)CN(C(=O)OC(C)(C)C)C2.C[C@@H](NC(=O)OCc1ccccc1)C(=O)N1CCC2(CC1)CNC2.C[C@@H](NC(=O)OCc1ccccc1)C(=O)O. The minimum absolute atomic E-state index is 0.0277. The molecular weight excluding hydrogens is 1900 g/mol. The van der Waals surface area contributed by atoms with E-state index in [1.807, 2.05) is 222 Å². The first-order valence-electron chi connectivity index (χ1n) is 51.5. The van der Waals surface area contributed by atoms with E-state index in [2.05, 4.69) is 42.5 Å². The van der Waals surface area contributed by atoms with Crippen molar-refractivity contribution in [3.63, 3.8) is 0 Å². The summed E-state index contributed by atoms with van der Waals surface area (Å²) in [7, 11) is 0. The summed E-state index contributed by atoms with van der Waals surface area (Å²) in [5.74, 6) is -4.46. The van der Waals surface area contributed by atoms with Crippen molar-refractivity contribution in [2.45, 2.75) is 273 Å². The maximum atomic E-state index is 14.7. The van der Waals surface area contributed by atoms with E-state index >= 15 is 0 Å². The Labute approximate surface area is 870 Å². The van der Waals surface area contributed by atoms with Crippen molar-refractivity contribution in [3.05, 3.63) is 215 Å². The number of ether oxygens (including phenoxy) is 7. The molecule has 6 aromatic carbocycles. The molecule has 12 amide bonds. The van der Waals surface area contributed by atoms with Crippen molar-refractivity contribution in [2.24, 2.45) is 34.0 Å². The minimum atomic E-state index is -1.10. The normalized spacial score (nSPS) is 16.8. The topological polar surface area (TPSA) is 453 Å². The van der Waals surface area contributed by atoms with Gasteiger partial charge in [0.1, 0.15) is 67.4 Å². The Hall–Kier alpha value is -13.7. The third kappa shape index (κ3) is 40.5. The first-order valence-corrected chi connectivity index (χ1v) is 51.5. The van der Waals surface area contributed by atoms with Gasteiger partial charge in [0.25, 0.3) is 0 Å². The highest BCUT2D eigenvalue weighted by Gasteiger charge is 2.51. The molecule has 6 aromatic rings. The molecule has 6 saturated heterocycles. The summed E-state index contributed by atoms with van der Waals surface area (Å²) < 4.78 is 36.9. The summed E-state index contributed by atoms with van der Waals surface area (Å²) in [6.45, 7) is 35.4. The van der Waals surface area contributed by atoms with Crippen molar-refractivity contribution in [1.82, 2.24) is 67.0 Å². The van der Waals surface area contributed by atoms with Gasteiger partial charge in [-0.2, -0.15) is 0 Å². The number of hydrogen-bond acceptors (Lipinski definition) is 23. The van der Waals surface area contributed by atoms with Gasteiger partial charge in [-0.05, 0) is 205 Å². The van der Waals surface area contributed by atoms with E-state index in [1.54, 1.807) is 81.9 Å². The molecule has 0 saturated carbocycles. The highest BCUT2D eigenvalue weighted by atomic mass is 16.6. The van der Waals surface area contributed by atoms with Crippen LogP contribution in [-0.2, 0) is 111 Å². The minimum Gasteiger partial charge on any atom is -0.480 e. The second kappa shape index (κ2) is 56.5. The van der Waals surface area contributed by atoms with E-state index < -0.39 is 113 Å². The number of aliphatic carboxylic acids is 1. The Kier molecular flexibility index (Phi) is 45.0. The van der Waals surface area contributed by atoms with Crippen molar-refractivity contribution in [3.8, 4) is 0 Å². The third-order valence-electron chi connectivity index (χ3n) is 26.5. The summed E-state index contributed by atoms with van der Waals surface area (Å²) in [5, 5.41) is 30.5. The van der Waals surface area contributed by atoms with Gasteiger partial charge in [0.05, 0.1) is 12.1 Å². The Morgan fingerprint density at radius 3 is 1.01 bits per heavy atom. The first-order chi connectivity index (χ1) is 70.1. The van der Waals surface area contributed by atoms with E-state index in [0.717, 1.165) is 85.2 Å². The average molecular weight is 2050 g/mol. The zero-order valence-electron chi connectivity index (χ0n) is 88.6. The second-order valence-corrected chi connectivity index (χ2v) is 43.1. The van der Waals surface area contributed by atoms with Gasteiger partial charge < -0.3 is 105 Å². The number of unbranched alkanes of at least 4 members (excludes halogenated alkanes) is 1. The number of piperidine rings is 3. The van der Waals surface area contributed by atoms with Crippen molar-refractivity contribution < 1.29 is 110 Å². The highest BCUT2D eigenvalue weighted by molar-refractivity contribution is 5.96. The Morgan fingerprint density at radius 1 is 0.345 bits per heavy atom. The number of amides is 12. The van der Waals surface area contributed by atoms with Crippen LogP contribution in [0.4, 0.5) is 33.6 Å². The fourth-order valence-corrected chi connectivity index (χ4v) is 18.1. The van der Waals surface area contributed by atoms with Crippen molar-refractivity contribution in [2.75, 3.05) is 85.1 Å². The molecule has 6 fully saturated rings. The van der Waals surface area contributed by atoms with Crippen LogP contribution in [0.15, 0.2) is 182 Å². The van der Waals surface area contributed by atoms with Crippen LogP contribution in [0, 0.1) is 34.0 Å². The predicted octanol–water partition coefficient (Wildman–Crippen LogP) is 14.6. The number of carboxylic acid groups (broad SMARTS) is 1. The van der Waals surface area contributed by atoms with Gasteiger partial charge in [0.2, 0.25) is 29.5 Å². The summed E-state index contributed by atoms with van der Waals surface area (Å²) in [6, 6.07) is 50.9. The Bertz CT molecular complexity index is 5290. The smallest absolute Gasteiger partial charge is 0.410 e. The lowest BCUT2D eigenvalue weighted by Gasteiger charge is -2.54. The van der Waals surface area contributed by atoms with E-state index in [4.69, 9.17) is 38.3 Å². The number of rotatable bonds is 37. The molecule has 806 valence electrons. The van der Waals surface area contributed by atoms with Gasteiger partial charge in [-0.1, -0.05) is 202 Å². The molecule has 3 spiro atoms. The van der Waals surface area contributed by atoms with E-state index in [0.29, 0.717) is 103 Å². The molecule has 6 heterocycles. The monoisotopic (exact) mass is 2050 g/mol. The Morgan fingerprint density at radius 2 is 0.669 bits per heavy atom. The lowest BCUT2D eigenvalue weighted by atomic mass is 9.71. The van der Waals surface area contributed by atoms with Crippen LogP contribution < -0.4 is 42.5 Å². The molecule has 36 nitrogen and oxygen atoms in total. The molecule has 0 aliphatic carbocycles. The number of ketones is 2. The molecule has 0 unspecified atom stereocenters. The van der Waals surface area contributed by atoms with E-state index in [9.17, 15) is 71.9 Å². The van der Waals surface area contributed by atoms with Crippen LogP contribution in [0.1, 0.15) is 214 Å². The van der Waals surface area contributed by atoms with E-state index in [1.165, 1.54) is 6.92 Å². The van der Waals surface area contributed by atoms with Crippen LogP contribution >= 0.6 is 0 Å². The lowest BCUT2D eigenvalue weighted by Crippen LogP contribution is -2.64. The van der Waals surface area contributed by atoms with Gasteiger partial charge in [-0.25, -0.2) is 33.6 Å². The molecule has 36 heteroatoms. The lowest BCUT2D eigenvalue weighted by molar-refractivity contribution is -0.155. The van der Waals surface area contributed by atoms with Crippen molar-refractivity contribution >= 4 is 89.7 Å². The number of carboxylic acids is 1. The van der Waals surface area contributed by atoms with Gasteiger partial charge in [-0.15, -0.1) is 0 Å². The second-order valence-electron chi connectivity index (χ2n) is 43.1. The number of carbonyl (C=O) groups excluding carboxylic acids is 14. The molecule has 0 aromatic heterocycles. The third-order valence-corrected chi connectivity index (χ3v) is 26.5. The summed E-state index contributed by atoms with van der Waals surface area (Å²) in [6.07, 6.45) is 2.58. The molecule has 6 aliphatic heterocycles. The molecule has 6 aliphatic rings. The fraction of sp³-hybridized carbons (Fsp3) is 0.545. The zero-order chi connectivity index (χ0) is 108. The van der Waals surface area contributed by atoms with Crippen LogP contribution in [-0.4, -0.2) is 257 Å². The molecule has 0 radical (unpaired) electrons. The molecule has 148 heavy (non-hydrogen) atoms. The predicted molar refractivity (Wildman–Crippen MR) is 556 cm³/mol. The zero-order valence-corrected chi connectivity index (χ0v) is 88.6. The Balaban J connectivity index is 0.000000274. The number of nitrogens with zero attached hydrogens (tertiary/aromatic N) is 5. The largest absolute Gasteiger partial charge is 0.480 e. The van der Waals surface area contributed by atoms with Crippen LogP contribution in [0.25, 0.3) is 0 Å². The number of Topliss-reactive ketones (excluding diaryl/α,β-unsaturated/α-hetero) is 2. The molecule has 12 rings (SSSR count). The number of nitrogens with one attached hydrogen (secondary N) is 8. The van der Waals surface area contributed by atoms with E-state index in [-0.39, 0.29) is 110 Å². The number of alkyl carbamates (subject to hydrolysis) is 6. The number of likely N-dealkylation sites (tertiary alicyclic amines) is 5. The quantitative estimate of drug-likeness (QED) is 0.0129. The number of carbonyl (C=O) groups is 15. The first kappa shape index (κ1) is 118. The summed E-state index contributed by atoms with van der Waals surface area (Å²) >= 11 is 0. The van der Waals surface area contributed by atoms with Crippen LogP contribution in [0.3, 0.4) is 0 Å². The van der Waals surface area contributed by atoms with Crippen LogP contribution in [0.5, 0.6) is 0 Å². The van der Waals surface area contributed by atoms with Gasteiger partial charge in [-0.3, -0.25) is 38.4 Å². The van der Waals surface area contributed by atoms with Gasteiger partial charge in [0.15, 0.2) is 11.6 Å². The van der Waals surface area contributed by atoms with Gasteiger partial charge >= 0.3 is 48.6 Å². The molecule has 9 N–H and O–H groups in total. The number of benzene rings is 6. The summed E-state index contributed by atoms with van der Waals surface area (Å²) in [4.78, 5) is 201. The van der Waals surface area contributed by atoms with Gasteiger partial charge in [0, 0.05) is 121 Å². The molecule has 0 bridgehead atoms. The highest BCUT2D eigenvalue weighted by Crippen LogP contribution is 2.44. The summed E-state index contributed by atoms with van der Waals surface area (Å²) in [5.41, 5.74) is 3.39. The fourth-order valence-electron chi connectivity index (χ4n) is 18.1. The molecular formula is C112H155N13O23. The molecule has 8 atom stereocenters. The van der Waals surface area contributed by atoms with Crippen LogP contribution in [0.2, 0.25) is 0 Å². The maximum Gasteiger partial charge on any atom is 0.410 e.